The Morgan fingerprint density at radius 1 is 1.21 bits per heavy atom. The van der Waals surface area contributed by atoms with E-state index in [1.807, 2.05) is 0 Å². The lowest BCUT2D eigenvalue weighted by molar-refractivity contribution is -0.145. The molecule has 0 atom stereocenters. The molecule has 3 aromatic rings. The Morgan fingerprint density at radius 3 is 2.75 bits per heavy atom. The second kappa shape index (κ2) is 8.71. The average molecular weight is 406 g/mol. The van der Waals surface area contributed by atoms with Crippen molar-refractivity contribution in [1.29, 1.82) is 0 Å². The summed E-state index contributed by atoms with van der Waals surface area (Å²) in [5.74, 6) is 0.0617. The third-order valence-electron chi connectivity index (χ3n) is 3.76. The number of nitrogens with one attached hydrogen (secondary N) is 1. The van der Waals surface area contributed by atoms with Gasteiger partial charge in [0.25, 0.3) is 0 Å². The molecule has 28 heavy (non-hydrogen) atoms. The fourth-order valence-corrected chi connectivity index (χ4v) is 2.65. The first-order valence-corrected chi connectivity index (χ1v) is 8.73. The van der Waals surface area contributed by atoms with Crippen LogP contribution in [0.25, 0.3) is 10.9 Å². The molecule has 2 aromatic carbocycles. The number of esters is 1. The zero-order chi connectivity index (χ0) is 20.1. The number of halogens is 2. The van der Waals surface area contributed by atoms with Crippen molar-refractivity contribution >= 4 is 40.0 Å². The van der Waals surface area contributed by atoms with E-state index in [9.17, 15) is 9.18 Å². The Kier molecular flexibility index (Phi) is 6.10. The molecule has 146 valence electrons. The molecular formula is C19H17ClFN3O4. The Balaban J connectivity index is 1.94. The van der Waals surface area contributed by atoms with Gasteiger partial charge in [0, 0.05) is 16.5 Å². The first-order valence-electron chi connectivity index (χ1n) is 8.35. The number of nitrogens with zero attached hydrogens (tertiary/aromatic N) is 2. The number of carbonyl (C=O) groups is 1. The van der Waals surface area contributed by atoms with Crippen LogP contribution >= 0.6 is 11.6 Å². The molecule has 0 saturated carbocycles. The van der Waals surface area contributed by atoms with E-state index in [2.05, 4.69) is 15.3 Å². The van der Waals surface area contributed by atoms with Gasteiger partial charge < -0.3 is 19.5 Å². The number of ether oxygens (including phenoxy) is 3. The van der Waals surface area contributed by atoms with E-state index < -0.39 is 11.8 Å². The van der Waals surface area contributed by atoms with Crippen molar-refractivity contribution in [2.45, 2.75) is 6.92 Å². The summed E-state index contributed by atoms with van der Waals surface area (Å²) in [7, 11) is 1.47. The van der Waals surface area contributed by atoms with Crippen molar-refractivity contribution in [3.8, 4) is 11.5 Å². The monoisotopic (exact) mass is 405 g/mol. The van der Waals surface area contributed by atoms with Crippen LogP contribution in [-0.2, 0) is 9.53 Å². The Bertz CT molecular complexity index is 1020. The zero-order valence-electron chi connectivity index (χ0n) is 15.2. The quantitative estimate of drug-likeness (QED) is 0.592. The van der Waals surface area contributed by atoms with Gasteiger partial charge in [-0.05, 0) is 31.2 Å². The number of aromatic nitrogens is 2. The van der Waals surface area contributed by atoms with Gasteiger partial charge in [0.05, 0.1) is 24.9 Å². The van der Waals surface area contributed by atoms with Crippen LogP contribution in [0.3, 0.4) is 0 Å². The zero-order valence-corrected chi connectivity index (χ0v) is 15.9. The van der Waals surface area contributed by atoms with E-state index in [-0.39, 0.29) is 18.9 Å². The van der Waals surface area contributed by atoms with Gasteiger partial charge >= 0.3 is 5.97 Å². The minimum Gasteiger partial charge on any atom is -0.493 e. The van der Waals surface area contributed by atoms with Gasteiger partial charge in [-0.25, -0.2) is 19.2 Å². The smallest absolute Gasteiger partial charge is 0.344 e. The number of hydrogen-bond acceptors (Lipinski definition) is 7. The maximum atomic E-state index is 14.1. The molecule has 0 spiro atoms. The van der Waals surface area contributed by atoms with Gasteiger partial charge in [-0.15, -0.1) is 0 Å². The normalized spacial score (nSPS) is 10.6. The summed E-state index contributed by atoms with van der Waals surface area (Å²) < 4.78 is 29.8. The molecule has 0 amide bonds. The van der Waals surface area contributed by atoms with Crippen LogP contribution in [0.2, 0.25) is 5.02 Å². The largest absolute Gasteiger partial charge is 0.493 e. The van der Waals surface area contributed by atoms with Crippen molar-refractivity contribution in [3.05, 3.63) is 47.5 Å². The molecule has 0 aliphatic heterocycles. The third-order valence-corrected chi connectivity index (χ3v) is 3.99. The van der Waals surface area contributed by atoms with Crippen molar-refractivity contribution in [1.82, 2.24) is 9.97 Å². The number of benzene rings is 2. The lowest BCUT2D eigenvalue weighted by Crippen LogP contribution is -2.15. The van der Waals surface area contributed by atoms with Crippen LogP contribution in [0.1, 0.15) is 6.92 Å². The van der Waals surface area contributed by atoms with Crippen molar-refractivity contribution < 1.29 is 23.4 Å². The predicted octanol–water partition coefficient (Wildman–Crippen LogP) is 4.12. The van der Waals surface area contributed by atoms with E-state index in [1.165, 1.54) is 25.6 Å². The molecule has 1 aromatic heterocycles. The molecule has 7 nitrogen and oxygen atoms in total. The minimum absolute atomic E-state index is 0.214. The van der Waals surface area contributed by atoms with Crippen LogP contribution in [0, 0.1) is 5.82 Å². The number of anilines is 2. The Hall–Kier alpha value is -3.13. The highest BCUT2D eigenvalue weighted by atomic mass is 35.5. The van der Waals surface area contributed by atoms with E-state index in [4.69, 9.17) is 25.8 Å². The van der Waals surface area contributed by atoms with Crippen molar-refractivity contribution in [2.75, 3.05) is 25.6 Å². The number of methoxy groups -OCH3 is 1. The number of fused-ring (bicyclic) bond motifs is 1. The molecular weight excluding hydrogens is 389 g/mol. The molecule has 0 bridgehead atoms. The molecule has 0 aliphatic rings. The van der Waals surface area contributed by atoms with Crippen LogP contribution < -0.4 is 14.8 Å². The first-order chi connectivity index (χ1) is 13.5. The third kappa shape index (κ3) is 4.40. The predicted molar refractivity (Wildman–Crippen MR) is 103 cm³/mol. The Morgan fingerprint density at radius 2 is 2.04 bits per heavy atom. The summed E-state index contributed by atoms with van der Waals surface area (Å²) in [6, 6.07) is 7.54. The second-order valence-electron chi connectivity index (χ2n) is 5.59. The molecule has 1 heterocycles. The molecule has 0 radical (unpaired) electrons. The van der Waals surface area contributed by atoms with Crippen LogP contribution in [0.15, 0.2) is 36.7 Å². The van der Waals surface area contributed by atoms with Gasteiger partial charge in [0.1, 0.15) is 18.0 Å². The molecule has 1 N–H and O–H groups in total. The number of hydrogen-bond donors (Lipinski definition) is 1. The van der Waals surface area contributed by atoms with Crippen LogP contribution in [0.5, 0.6) is 11.5 Å². The topological polar surface area (TPSA) is 82.6 Å². The fourth-order valence-electron chi connectivity index (χ4n) is 2.49. The maximum absolute atomic E-state index is 14.1. The minimum atomic E-state index is -0.513. The standard InChI is InChI=1S/C19H17ClFN3O4/c1-3-27-18(25)9-28-17-8-15-12(7-16(17)26-2)19(23-10-22-15)24-14-5-4-11(20)6-13(14)21/h4-8,10H,3,9H2,1-2H3,(H,22,23,24). The highest BCUT2D eigenvalue weighted by molar-refractivity contribution is 6.30. The molecule has 0 unspecified atom stereocenters. The Labute approximate surface area is 165 Å². The van der Waals surface area contributed by atoms with Gasteiger partial charge in [0.2, 0.25) is 0 Å². The van der Waals surface area contributed by atoms with E-state index >= 15 is 0 Å². The molecule has 0 fully saturated rings. The van der Waals surface area contributed by atoms with Crippen LogP contribution in [0.4, 0.5) is 15.9 Å². The first kappa shape index (κ1) is 19.6. The van der Waals surface area contributed by atoms with Gasteiger partial charge in [0.15, 0.2) is 18.1 Å². The van der Waals surface area contributed by atoms with E-state index in [1.54, 1.807) is 25.1 Å². The van der Waals surface area contributed by atoms with Crippen molar-refractivity contribution in [3.63, 3.8) is 0 Å². The van der Waals surface area contributed by atoms with Gasteiger partial charge in [-0.3, -0.25) is 0 Å². The highest BCUT2D eigenvalue weighted by Gasteiger charge is 2.14. The maximum Gasteiger partial charge on any atom is 0.344 e. The van der Waals surface area contributed by atoms with Gasteiger partial charge in [-0.1, -0.05) is 11.6 Å². The van der Waals surface area contributed by atoms with Crippen LogP contribution in [-0.4, -0.2) is 36.3 Å². The highest BCUT2D eigenvalue weighted by Crippen LogP contribution is 2.35. The lowest BCUT2D eigenvalue weighted by Gasteiger charge is -2.13. The summed E-state index contributed by atoms with van der Waals surface area (Å²) in [6.45, 7) is 1.71. The summed E-state index contributed by atoms with van der Waals surface area (Å²) in [6.07, 6.45) is 1.33. The SMILES string of the molecule is CCOC(=O)COc1cc2ncnc(Nc3ccc(Cl)cc3F)c2cc1OC. The average Bonchev–Trinajstić information content (AvgIpc) is 2.68. The molecule has 0 aliphatic carbocycles. The fraction of sp³-hybridized carbons (Fsp3) is 0.211. The molecule has 0 saturated heterocycles. The van der Waals surface area contributed by atoms with E-state index in [0.717, 1.165) is 0 Å². The summed E-state index contributed by atoms with van der Waals surface area (Å²) in [5, 5.41) is 3.80. The molecule has 9 heteroatoms. The molecule has 3 rings (SSSR count). The summed E-state index contributed by atoms with van der Waals surface area (Å²) in [5.41, 5.74) is 0.734. The van der Waals surface area contributed by atoms with Gasteiger partial charge in [-0.2, -0.15) is 0 Å². The summed E-state index contributed by atoms with van der Waals surface area (Å²) in [4.78, 5) is 19.9. The lowest BCUT2D eigenvalue weighted by atomic mass is 10.2. The number of rotatable bonds is 7. The van der Waals surface area contributed by atoms with Crippen molar-refractivity contribution in [2.24, 2.45) is 0 Å². The second-order valence-corrected chi connectivity index (χ2v) is 6.02. The number of carbonyl (C=O) groups excluding carboxylic acids is 1. The van der Waals surface area contributed by atoms with E-state index in [0.29, 0.717) is 33.2 Å². The summed E-state index contributed by atoms with van der Waals surface area (Å²) >= 11 is 5.79.